The van der Waals surface area contributed by atoms with Crippen LogP contribution in [0.15, 0.2) is 60.9 Å². The van der Waals surface area contributed by atoms with Gasteiger partial charge in [-0.25, -0.2) is 4.68 Å². The van der Waals surface area contributed by atoms with Crippen LogP contribution >= 0.6 is 11.6 Å². The largest absolute Gasteiger partial charge is 0.459 e. The molecule has 0 aliphatic rings. The second-order valence-corrected chi connectivity index (χ2v) is 6.59. The van der Waals surface area contributed by atoms with Crippen molar-refractivity contribution in [1.82, 2.24) is 20.1 Å². The van der Waals surface area contributed by atoms with Crippen LogP contribution in [-0.4, -0.2) is 26.3 Å². The van der Waals surface area contributed by atoms with Crippen molar-refractivity contribution in [3.8, 4) is 11.6 Å². The molecule has 0 unspecified atom stereocenters. The Labute approximate surface area is 156 Å². The molecule has 2 aromatic heterocycles. The standard InChI is InChI=1S/C19H19ClN4O2/c1-19(2,18(25)22-12-14-8-6-7-11-21-14)26-17-16(20)13-24(23-17)15-9-4-3-5-10-15/h3-11,13H,12H2,1-2H3,(H,22,25). The Bertz CT molecular complexity index is 879. The minimum absolute atomic E-state index is 0.202. The minimum Gasteiger partial charge on any atom is -0.459 e. The van der Waals surface area contributed by atoms with Gasteiger partial charge >= 0.3 is 0 Å². The maximum absolute atomic E-state index is 12.5. The lowest BCUT2D eigenvalue weighted by atomic mass is 10.1. The average Bonchev–Trinajstić information content (AvgIpc) is 3.01. The lowest BCUT2D eigenvalue weighted by Gasteiger charge is -2.24. The van der Waals surface area contributed by atoms with E-state index < -0.39 is 5.60 Å². The number of nitrogens with one attached hydrogen (secondary N) is 1. The molecule has 6 nitrogen and oxygen atoms in total. The number of halogens is 1. The second kappa shape index (κ2) is 7.58. The monoisotopic (exact) mass is 370 g/mol. The quantitative estimate of drug-likeness (QED) is 0.722. The fourth-order valence-electron chi connectivity index (χ4n) is 2.29. The van der Waals surface area contributed by atoms with Gasteiger partial charge in [-0.05, 0) is 38.1 Å². The molecule has 0 saturated heterocycles. The van der Waals surface area contributed by atoms with Gasteiger partial charge in [0.15, 0.2) is 5.60 Å². The molecule has 0 atom stereocenters. The summed E-state index contributed by atoms with van der Waals surface area (Å²) in [6.07, 6.45) is 3.33. The third-order valence-electron chi connectivity index (χ3n) is 3.71. The number of para-hydroxylation sites is 1. The fourth-order valence-corrected chi connectivity index (χ4v) is 2.46. The summed E-state index contributed by atoms with van der Waals surface area (Å²) in [6, 6.07) is 15.1. The Hall–Kier alpha value is -2.86. The van der Waals surface area contributed by atoms with E-state index in [9.17, 15) is 4.79 Å². The molecular weight excluding hydrogens is 352 g/mol. The average molecular weight is 371 g/mol. The van der Waals surface area contributed by atoms with Gasteiger partial charge in [-0.1, -0.05) is 35.9 Å². The van der Waals surface area contributed by atoms with Crippen LogP contribution in [0, 0.1) is 0 Å². The number of aromatic nitrogens is 3. The number of carbonyl (C=O) groups excluding carboxylic acids is 1. The molecule has 0 aliphatic heterocycles. The summed E-state index contributed by atoms with van der Waals surface area (Å²) in [5.41, 5.74) is 0.471. The SMILES string of the molecule is CC(C)(Oc1nn(-c2ccccc2)cc1Cl)C(=O)NCc1ccccn1. The summed E-state index contributed by atoms with van der Waals surface area (Å²) in [5, 5.41) is 7.48. The summed E-state index contributed by atoms with van der Waals surface area (Å²) < 4.78 is 7.40. The molecule has 1 amide bonds. The van der Waals surface area contributed by atoms with E-state index in [1.54, 1.807) is 30.9 Å². The Balaban J connectivity index is 1.69. The fraction of sp³-hybridized carbons (Fsp3) is 0.211. The third kappa shape index (κ3) is 4.21. The Morgan fingerprint density at radius 3 is 2.62 bits per heavy atom. The number of benzene rings is 1. The summed E-state index contributed by atoms with van der Waals surface area (Å²) >= 11 is 6.23. The Morgan fingerprint density at radius 2 is 1.92 bits per heavy atom. The van der Waals surface area contributed by atoms with Gasteiger partial charge in [0.05, 0.1) is 24.1 Å². The highest BCUT2D eigenvalue weighted by Crippen LogP contribution is 2.27. The summed E-state index contributed by atoms with van der Waals surface area (Å²) in [6.45, 7) is 3.65. The van der Waals surface area contributed by atoms with E-state index in [4.69, 9.17) is 16.3 Å². The van der Waals surface area contributed by atoms with Gasteiger partial charge in [-0.2, -0.15) is 0 Å². The van der Waals surface area contributed by atoms with Gasteiger partial charge in [-0.3, -0.25) is 9.78 Å². The molecule has 3 rings (SSSR count). The summed E-state index contributed by atoms with van der Waals surface area (Å²) in [4.78, 5) is 16.7. The first-order valence-corrected chi connectivity index (χ1v) is 8.51. The van der Waals surface area contributed by atoms with Crippen molar-refractivity contribution in [2.45, 2.75) is 26.0 Å². The molecule has 0 aliphatic carbocycles. The predicted molar refractivity (Wildman–Crippen MR) is 99.4 cm³/mol. The van der Waals surface area contributed by atoms with Crippen LogP contribution in [0.3, 0.4) is 0 Å². The first-order chi connectivity index (χ1) is 12.5. The van der Waals surface area contributed by atoms with E-state index >= 15 is 0 Å². The van der Waals surface area contributed by atoms with Crippen molar-refractivity contribution in [3.63, 3.8) is 0 Å². The van der Waals surface area contributed by atoms with Crippen molar-refractivity contribution in [1.29, 1.82) is 0 Å². The third-order valence-corrected chi connectivity index (χ3v) is 3.97. The molecule has 7 heteroatoms. The molecule has 0 bridgehead atoms. The van der Waals surface area contributed by atoms with Gasteiger partial charge in [0.25, 0.3) is 11.8 Å². The Morgan fingerprint density at radius 1 is 1.19 bits per heavy atom. The number of amides is 1. The molecule has 0 fully saturated rings. The van der Waals surface area contributed by atoms with Crippen molar-refractivity contribution in [3.05, 3.63) is 71.6 Å². The van der Waals surface area contributed by atoms with Crippen LogP contribution in [0.5, 0.6) is 5.88 Å². The lowest BCUT2D eigenvalue weighted by Crippen LogP contribution is -2.46. The van der Waals surface area contributed by atoms with Crippen LogP contribution < -0.4 is 10.1 Å². The number of ether oxygens (including phenoxy) is 1. The maximum atomic E-state index is 12.5. The molecule has 1 aromatic carbocycles. The molecule has 134 valence electrons. The molecule has 0 saturated carbocycles. The van der Waals surface area contributed by atoms with Gasteiger partial charge in [0.1, 0.15) is 5.02 Å². The number of pyridine rings is 1. The van der Waals surface area contributed by atoms with Gasteiger partial charge in [0, 0.05) is 6.20 Å². The molecule has 0 radical (unpaired) electrons. The molecule has 2 heterocycles. The second-order valence-electron chi connectivity index (χ2n) is 6.18. The van der Waals surface area contributed by atoms with E-state index in [0.29, 0.717) is 11.6 Å². The predicted octanol–water partition coefficient (Wildman–Crippen LogP) is 3.39. The number of hydrogen-bond donors (Lipinski definition) is 1. The van der Waals surface area contributed by atoms with E-state index in [0.717, 1.165) is 11.4 Å². The highest BCUT2D eigenvalue weighted by atomic mass is 35.5. The van der Waals surface area contributed by atoms with Crippen LogP contribution in [0.2, 0.25) is 5.02 Å². The molecule has 3 aromatic rings. The van der Waals surface area contributed by atoms with Gasteiger partial charge in [-0.15, -0.1) is 5.10 Å². The number of carbonyl (C=O) groups is 1. The van der Waals surface area contributed by atoms with E-state index in [1.807, 2.05) is 48.5 Å². The van der Waals surface area contributed by atoms with E-state index in [1.165, 1.54) is 0 Å². The molecular formula is C19H19ClN4O2. The lowest BCUT2D eigenvalue weighted by molar-refractivity contribution is -0.134. The minimum atomic E-state index is -1.14. The van der Waals surface area contributed by atoms with Crippen LogP contribution in [0.1, 0.15) is 19.5 Å². The zero-order chi connectivity index (χ0) is 18.6. The molecule has 0 spiro atoms. The smallest absolute Gasteiger partial charge is 0.263 e. The van der Waals surface area contributed by atoms with Crippen LogP contribution in [0.25, 0.3) is 5.69 Å². The maximum Gasteiger partial charge on any atom is 0.263 e. The first-order valence-electron chi connectivity index (χ1n) is 8.13. The van der Waals surface area contributed by atoms with Gasteiger partial charge in [0.2, 0.25) is 0 Å². The van der Waals surface area contributed by atoms with Crippen LogP contribution in [0.4, 0.5) is 0 Å². The zero-order valence-corrected chi connectivity index (χ0v) is 15.3. The van der Waals surface area contributed by atoms with E-state index in [2.05, 4.69) is 15.4 Å². The Kier molecular flexibility index (Phi) is 5.23. The summed E-state index contributed by atoms with van der Waals surface area (Å²) in [5.74, 6) is -0.0815. The van der Waals surface area contributed by atoms with Crippen molar-refractivity contribution in [2.24, 2.45) is 0 Å². The van der Waals surface area contributed by atoms with Crippen molar-refractivity contribution < 1.29 is 9.53 Å². The van der Waals surface area contributed by atoms with Crippen molar-refractivity contribution >= 4 is 17.5 Å². The zero-order valence-electron chi connectivity index (χ0n) is 14.5. The number of rotatable bonds is 6. The highest BCUT2D eigenvalue weighted by Gasteiger charge is 2.31. The highest BCUT2D eigenvalue weighted by molar-refractivity contribution is 6.31. The number of nitrogens with zero attached hydrogens (tertiary/aromatic N) is 3. The summed E-state index contributed by atoms with van der Waals surface area (Å²) in [7, 11) is 0. The first kappa shape index (κ1) is 17.9. The topological polar surface area (TPSA) is 69.0 Å². The molecule has 26 heavy (non-hydrogen) atoms. The normalized spacial score (nSPS) is 11.2. The van der Waals surface area contributed by atoms with E-state index in [-0.39, 0.29) is 11.8 Å². The van der Waals surface area contributed by atoms with Gasteiger partial charge < -0.3 is 10.1 Å². The van der Waals surface area contributed by atoms with Crippen molar-refractivity contribution in [2.75, 3.05) is 0 Å². The molecule has 1 N–H and O–H groups in total. The van der Waals surface area contributed by atoms with Crippen LogP contribution in [-0.2, 0) is 11.3 Å². The number of hydrogen-bond acceptors (Lipinski definition) is 4.